The Hall–Kier alpha value is -2.69. The highest BCUT2D eigenvalue weighted by atomic mass is 16.5. The van der Waals surface area contributed by atoms with E-state index in [1.54, 1.807) is 32.4 Å². The summed E-state index contributed by atoms with van der Waals surface area (Å²) >= 11 is 0. The van der Waals surface area contributed by atoms with E-state index >= 15 is 0 Å². The maximum atomic E-state index is 12.3. The smallest absolute Gasteiger partial charge is 0.251 e. The number of ether oxygens (including phenoxy) is 3. The fraction of sp³-hybridized carbons (Fsp3) is 0.350. The molecule has 0 atom stereocenters. The summed E-state index contributed by atoms with van der Waals surface area (Å²) in [6, 6.07) is 13.1. The fourth-order valence-corrected chi connectivity index (χ4v) is 2.49. The number of aryl methyl sites for hydroxylation is 1. The van der Waals surface area contributed by atoms with Crippen LogP contribution in [0.2, 0.25) is 0 Å². The molecule has 0 radical (unpaired) electrons. The van der Waals surface area contributed by atoms with E-state index in [4.69, 9.17) is 14.2 Å². The van der Waals surface area contributed by atoms with Crippen LogP contribution in [0.3, 0.4) is 0 Å². The molecule has 2 aromatic rings. The first-order valence-electron chi connectivity index (χ1n) is 8.40. The second-order valence-electron chi connectivity index (χ2n) is 5.56. The number of hydrogen-bond donors (Lipinski definition) is 1. The van der Waals surface area contributed by atoms with E-state index in [0.717, 1.165) is 18.6 Å². The maximum absolute atomic E-state index is 12.3. The van der Waals surface area contributed by atoms with Crippen LogP contribution in [0.4, 0.5) is 0 Å². The second-order valence-corrected chi connectivity index (χ2v) is 5.56. The van der Waals surface area contributed by atoms with Gasteiger partial charge < -0.3 is 19.5 Å². The van der Waals surface area contributed by atoms with E-state index in [1.165, 1.54) is 5.56 Å². The molecule has 0 saturated heterocycles. The first kappa shape index (κ1) is 18.6. The SMILES string of the molecule is CCCc1ccccc1OCCNC(=O)c1cc(OC)cc(OC)c1. The topological polar surface area (TPSA) is 56.8 Å². The summed E-state index contributed by atoms with van der Waals surface area (Å²) in [4.78, 5) is 12.3. The minimum absolute atomic E-state index is 0.192. The molecule has 0 saturated carbocycles. The van der Waals surface area contributed by atoms with Gasteiger partial charge in [-0.3, -0.25) is 4.79 Å². The van der Waals surface area contributed by atoms with Gasteiger partial charge >= 0.3 is 0 Å². The van der Waals surface area contributed by atoms with Gasteiger partial charge in [-0.1, -0.05) is 31.5 Å². The Labute approximate surface area is 148 Å². The van der Waals surface area contributed by atoms with Crippen LogP contribution in [-0.2, 0) is 6.42 Å². The van der Waals surface area contributed by atoms with Crippen LogP contribution in [0.25, 0.3) is 0 Å². The lowest BCUT2D eigenvalue weighted by Crippen LogP contribution is -2.28. The molecule has 0 aromatic heterocycles. The molecule has 2 aromatic carbocycles. The number of amides is 1. The number of rotatable bonds is 9. The lowest BCUT2D eigenvalue weighted by atomic mass is 10.1. The van der Waals surface area contributed by atoms with Gasteiger partial charge in [0.05, 0.1) is 20.8 Å². The second kappa shape index (κ2) is 9.57. The molecule has 134 valence electrons. The molecule has 0 aliphatic rings. The summed E-state index contributed by atoms with van der Waals surface area (Å²) in [6.07, 6.45) is 2.04. The average molecular weight is 343 g/mol. The third-order valence-electron chi connectivity index (χ3n) is 3.75. The highest BCUT2D eigenvalue weighted by Crippen LogP contribution is 2.22. The minimum Gasteiger partial charge on any atom is -0.497 e. The average Bonchev–Trinajstić information content (AvgIpc) is 2.65. The van der Waals surface area contributed by atoms with E-state index in [9.17, 15) is 4.79 Å². The highest BCUT2D eigenvalue weighted by Gasteiger charge is 2.09. The van der Waals surface area contributed by atoms with Crippen LogP contribution in [0, 0.1) is 0 Å². The number of para-hydroxylation sites is 1. The van der Waals surface area contributed by atoms with Crippen LogP contribution < -0.4 is 19.5 Å². The number of carbonyl (C=O) groups excluding carboxylic acids is 1. The third-order valence-corrected chi connectivity index (χ3v) is 3.75. The van der Waals surface area contributed by atoms with Crippen molar-refractivity contribution in [1.29, 1.82) is 0 Å². The lowest BCUT2D eigenvalue weighted by Gasteiger charge is -2.12. The van der Waals surface area contributed by atoms with E-state index in [2.05, 4.69) is 18.3 Å². The standard InChI is InChI=1S/C20H25NO4/c1-4-7-15-8-5-6-9-19(15)25-11-10-21-20(22)16-12-17(23-2)14-18(13-16)24-3/h5-6,8-9,12-14H,4,7,10-11H2,1-3H3,(H,21,22). The molecule has 5 nitrogen and oxygen atoms in total. The molecule has 1 N–H and O–H groups in total. The van der Waals surface area contributed by atoms with Gasteiger partial charge in [-0.25, -0.2) is 0 Å². The zero-order valence-electron chi connectivity index (χ0n) is 15.0. The number of carbonyl (C=O) groups is 1. The Bertz CT molecular complexity index is 678. The number of hydrogen-bond acceptors (Lipinski definition) is 4. The Morgan fingerprint density at radius 2 is 1.72 bits per heavy atom. The van der Waals surface area contributed by atoms with E-state index < -0.39 is 0 Å². The molecule has 0 aliphatic carbocycles. The van der Waals surface area contributed by atoms with Gasteiger partial charge in [-0.05, 0) is 30.2 Å². The quantitative estimate of drug-likeness (QED) is 0.709. The first-order chi connectivity index (χ1) is 12.2. The van der Waals surface area contributed by atoms with Crippen molar-refractivity contribution in [1.82, 2.24) is 5.32 Å². The summed E-state index contributed by atoms with van der Waals surface area (Å²) in [5.74, 6) is 1.84. The Morgan fingerprint density at radius 1 is 1.04 bits per heavy atom. The third kappa shape index (κ3) is 5.41. The maximum Gasteiger partial charge on any atom is 0.251 e. The van der Waals surface area contributed by atoms with Crippen LogP contribution >= 0.6 is 0 Å². The monoisotopic (exact) mass is 343 g/mol. The van der Waals surface area contributed by atoms with Crippen LogP contribution in [0.5, 0.6) is 17.2 Å². The summed E-state index contributed by atoms with van der Waals surface area (Å²) in [5, 5.41) is 2.85. The first-order valence-corrected chi connectivity index (χ1v) is 8.40. The molecular weight excluding hydrogens is 318 g/mol. The van der Waals surface area contributed by atoms with Crippen molar-refractivity contribution < 1.29 is 19.0 Å². The summed E-state index contributed by atoms with van der Waals surface area (Å²) in [6.45, 7) is 2.96. The van der Waals surface area contributed by atoms with Crippen molar-refractivity contribution in [2.75, 3.05) is 27.4 Å². The van der Waals surface area contributed by atoms with Crippen molar-refractivity contribution in [2.24, 2.45) is 0 Å². The van der Waals surface area contributed by atoms with Gasteiger partial charge in [-0.15, -0.1) is 0 Å². The predicted molar refractivity (Wildman–Crippen MR) is 97.8 cm³/mol. The Morgan fingerprint density at radius 3 is 2.36 bits per heavy atom. The molecule has 0 aliphatic heterocycles. The van der Waals surface area contributed by atoms with Gasteiger partial charge in [-0.2, -0.15) is 0 Å². The van der Waals surface area contributed by atoms with Gasteiger partial charge in [0, 0.05) is 11.6 Å². The van der Waals surface area contributed by atoms with E-state index in [0.29, 0.717) is 30.2 Å². The normalized spacial score (nSPS) is 10.2. The predicted octanol–water partition coefficient (Wildman–Crippen LogP) is 3.47. The Balaban J connectivity index is 1.89. The summed E-state index contributed by atoms with van der Waals surface area (Å²) < 4.78 is 16.2. The van der Waals surface area contributed by atoms with Gasteiger partial charge in [0.25, 0.3) is 5.91 Å². The van der Waals surface area contributed by atoms with E-state index in [-0.39, 0.29) is 5.91 Å². The zero-order valence-corrected chi connectivity index (χ0v) is 15.0. The summed E-state index contributed by atoms with van der Waals surface area (Å²) in [5.41, 5.74) is 1.68. The molecule has 0 heterocycles. The summed E-state index contributed by atoms with van der Waals surface area (Å²) in [7, 11) is 3.11. The van der Waals surface area contributed by atoms with Gasteiger partial charge in [0.1, 0.15) is 23.9 Å². The molecule has 0 spiro atoms. The van der Waals surface area contributed by atoms with Gasteiger partial charge in [0.15, 0.2) is 0 Å². The van der Waals surface area contributed by atoms with Crippen molar-refractivity contribution in [3.05, 3.63) is 53.6 Å². The number of benzene rings is 2. The molecule has 25 heavy (non-hydrogen) atoms. The molecule has 1 amide bonds. The van der Waals surface area contributed by atoms with Crippen molar-refractivity contribution in [3.8, 4) is 17.2 Å². The molecule has 0 unspecified atom stereocenters. The van der Waals surface area contributed by atoms with Crippen LogP contribution in [0.1, 0.15) is 29.3 Å². The molecular formula is C20H25NO4. The van der Waals surface area contributed by atoms with Crippen molar-refractivity contribution in [3.63, 3.8) is 0 Å². The van der Waals surface area contributed by atoms with Crippen molar-refractivity contribution in [2.45, 2.75) is 19.8 Å². The lowest BCUT2D eigenvalue weighted by molar-refractivity contribution is 0.0946. The van der Waals surface area contributed by atoms with Crippen LogP contribution in [-0.4, -0.2) is 33.3 Å². The van der Waals surface area contributed by atoms with Crippen LogP contribution in [0.15, 0.2) is 42.5 Å². The highest BCUT2D eigenvalue weighted by molar-refractivity contribution is 5.95. The fourth-order valence-electron chi connectivity index (χ4n) is 2.49. The largest absolute Gasteiger partial charge is 0.497 e. The van der Waals surface area contributed by atoms with Gasteiger partial charge in [0.2, 0.25) is 0 Å². The molecule has 2 rings (SSSR count). The van der Waals surface area contributed by atoms with Crippen molar-refractivity contribution >= 4 is 5.91 Å². The zero-order chi connectivity index (χ0) is 18.1. The molecule has 0 bridgehead atoms. The molecule has 0 fully saturated rings. The Kier molecular flexibility index (Phi) is 7.14. The number of nitrogens with one attached hydrogen (secondary N) is 1. The van der Waals surface area contributed by atoms with E-state index in [1.807, 2.05) is 18.2 Å². The number of methoxy groups -OCH3 is 2. The molecule has 5 heteroatoms. The minimum atomic E-state index is -0.192.